The molecule has 5 nitrogen and oxygen atoms in total. The molecule has 0 aromatic heterocycles. The van der Waals surface area contributed by atoms with Gasteiger partial charge in [0.2, 0.25) is 0 Å². The molecular weight excluding hydrogens is 266 g/mol. The highest BCUT2D eigenvalue weighted by molar-refractivity contribution is 6.06. The van der Waals surface area contributed by atoms with Crippen molar-refractivity contribution in [3.63, 3.8) is 0 Å². The summed E-state index contributed by atoms with van der Waals surface area (Å²) < 4.78 is 0. The Morgan fingerprint density at radius 2 is 1.38 bits per heavy atom. The van der Waals surface area contributed by atoms with Gasteiger partial charge in [-0.1, -0.05) is 66.7 Å². The Morgan fingerprint density at radius 1 is 0.905 bits per heavy atom. The second kappa shape index (κ2) is 9.06. The first-order chi connectivity index (χ1) is 10.1. The van der Waals surface area contributed by atoms with Gasteiger partial charge < -0.3 is 5.73 Å². The van der Waals surface area contributed by atoms with Gasteiger partial charge in [0.15, 0.2) is 5.78 Å². The number of nitrogens with two attached hydrogens (primary N) is 2. The first-order valence-corrected chi connectivity index (χ1v) is 6.22. The zero-order valence-electron chi connectivity index (χ0n) is 11.4. The molecule has 0 aliphatic heterocycles. The van der Waals surface area contributed by atoms with Gasteiger partial charge in [-0.2, -0.15) is 0 Å². The molecule has 5 heteroatoms. The molecule has 0 saturated heterocycles. The number of nitrogens with one attached hydrogen (secondary N) is 1. The maximum atomic E-state index is 11.7. The molecule has 0 heterocycles. The standard InChI is InChI=1S/C15H12O.CH5N3O/c16-15(14-9-5-2-6-10-14)12-11-13-7-3-1-4-8-13;2-1(5)4-3/h1-12H;3H2,(H3,2,4,5). The molecule has 0 atom stereocenters. The van der Waals surface area contributed by atoms with Crippen molar-refractivity contribution in [3.05, 3.63) is 77.9 Å². The van der Waals surface area contributed by atoms with E-state index in [2.05, 4.69) is 11.6 Å². The molecule has 0 unspecified atom stereocenters. The van der Waals surface area contributed by atoms with Gasteiger partial charge in [-0.25, -0.2) is 10.6 Å². The number of hydrogen-bond donors (Lipinski definition) is 3. The zero-order chi connectivity index (χ0) is 15.5. The lowest BCUT2D eigenvalue weighted by Crippen LogP contribution is -2.34. The number of ketones is 1. The normalized spacial score (nSPS) is 9.57. The predicted octanol–water partition coefficient (Wildman–Crippen LogP) is 2.11. The summed E-state index contributed by atoms with van der Waals surface area (Å²) in [4.78, 5) is 21.1. The number of benzene rings is 2. The summed E-state index contributed by atoms with van der Waals surface area (Å²) in [5.74, 6) is 4.48. The molecule has 0 spiro atoms. The summed E-state index contributed by atoms with van der Waals surface area (Å²) in [5.41, 5.74) is 7.83. The van der Waals surface area contributed by atoms with Crippen LogP contribution >= 0.6 is 0 Å². The number of urea groups is 1. The Morgan fingerprint density at radius 3 is 1.86 bits per heavy atom. The smallest absolute Gasteiger partial charge is 0.326 e. The lowest BCUT2D eigenvalue weighted by molar-refractivity contribution is 0.104. The SMILES string of the molecule is NNC(N)=O.O=C(C=Cc1ccccc1)c1ccccc1. The highest BCUT2D eigenvalue weighted by Gasteiger charge is 1.98. The van der Waals surface area contributed by atoms with E-state index in [0.29, 0.717) is 0 Å². The third kappa shape index (κ3) is 6.70. The van der Waals surface area contributed by atoms with Crippen molar-refractivity contribution in [2.75, 3.05) is 0 Å². The van der Waals surface area contributed by atoms with E-state index in [1.165, 1.54) is 0 Å². The van der Waals surface area contributed by atoms with Crippen molar-refractivity contribution in [2.24, 2.45) is 11.6 Å². The van der Waals surface area contributed by atoms with Gasteiger partial charge in [-0.05, 0) is 11.6 Å². The van der Waals surface area contributed by atoms with Crippen molar-refractivity contribution in [3.8, 4) is 0 Å². The van der Waals surface area contributed by atoms with E-state index in [4.69, 9.17) is 0 Å². The highest BCUT2D eigenvalue weighted by atomic mass is 16.2. The zero-order valence-corrected chi connectivity index (χ0v) is 11.4. The second-order valence-corrected chi connectivity index (χ2v) is 3.98. The van der Waals surface area contributed by atoms with Crippen LogP contribution in [-0.2, 0) is 0 Å². The van der Waals surface area contributed by atoms with Gasteiger partial charge in [-0.3, -0.25) is 10.2 Å². The molecule has 2 aromatic carbocycles. The van der Waals surface area contributed by atoms with Crippen molar-refractivity contribution in [1.29, 1.82) is 0 Å². The van der Waals surface area contributed by atoms with E-state index in [1.54, 1.807) is 11.5 Å². The number of primary amides is 1. The molecule has 2 amide bonds. The quantitative estimate of drug-likeness (QED) is 0.264. The lowest BCUT2D eigenvalue weighted by Gasteiger charge is -1.94. The van der Waals surface area contributed by atoms with Crippen LogP contribution in [0, 0.1) is 0 Å². The van der Waals surface area contributed by atoms with Crippen LogP contribution in [-0.4, -0.2) is 11.8 Å². The van der Waals surface area contributed by atoms with Crippen LogP contribution in [0.25, 0.3) is 6.08 Å². The maximum Gasteiger partial charge on any atom is 0.326 e. The van der Waals surface area contributed by atoms with Crippen molar-refractivity contribution < 1.29 is 9.59 Å². The number of amides is 2. The van der Waals surface area contributed by atoms with Gasteiger partial charge in [0.1, 0.15) is 0 Å². The van der Waals surface area contributed by atoms with E-state index < -0.39 is 6.03 Å². The molecule has 108 valence electrons. The van der Waals surface area contributed by atoms with Crippen LogP contribution < -0.4 is 17.0 Å². The van der Waals surface area contributed by atoms with Crippen molar-refractivity contribution in [1.82, 2.24) is 5.43 Å². The molecule has 0 fully saturated rings. The van der Waals surface area contributed by atoms with E-state index in [9.17, 15) is 9.59 Å². The van der Waals surface area contributed by atoms with Crippen LogP contribution in [0.4, 0.5) is 4.79 Å². The fourth-order valence-corrected chi connectivity index (χ4v) is 1.43. The number of allylic oxidation sites excluding steroid dienone is 1. The number of hydrogen-bond acceptors (Lipinski definition) is 3. The summed E-state index contributed by atoms with van der Waals surface area (Å²) in [6.45, 7) is 0. The topological polar surface area (TPSA) is 98.2 Å². The molecule has 0 radical (unpaired) electrons. The van der Waals surface area contributed by atoms with Crippen molar-refractivity contribution in [2.45, 2.75) is 0 Å². The molecule has 0 saturated carbocycles. The predicted molar refractivity (Wildman–Crippen MR) is 83.2 cm³/mol. The average Bonchev–Trinajstić information content (AvgIpc) is 2.55. The summed E-state index contributed by atoms with van der Waals surface area (Å²) in [5, 5.41) is 0. The van der Waals surface area contributed by atoms with Crippen LogP contribution in [0.2, 0.25) is 0 Å². The van der Waals surface area contributed by atoms with Crippen LogP contribution in [0.1, 0.15) is 15.9 Å². The molecule has 5 N–H and O–H groups in total. The Balaban J connectivity index is 0.000000383. The Hall–Kier alpha value is -2.92. The minimum Gasteiger partial charge on any atom is -0.351 e. The van der Waals surface area contributed by atoms with Crippen LogP contribution in [0.3, 0.4) is 0 Å². The number of hydrazine groups is 1. The molecule has 0 aliphatic carbocycles. The fourth-order valence-electron chi connectivity index (χ4n) is 1.43. The monoisotopic (exact) mass is 283 g/mol. The molecule has 2 rings (SSSR count). The van der Waals surface area contributed by atoms with E-state index >= 15 is 0 Å². The van der Waals surface area contributed by atoms with Gasteiger partial charge in [0.05, 0.1) is 0 Å². The Kier molecular flexibility index (Phi) is 6.96. The molecule has 21 heavy (non-hydrogen) atoms. The fraction of sp³-hybridized carbons (Fsp3) is 0. The van der Waals surface area contributed by atoms with Crippen molar-refractivity contribution >= 4 is 17.9 Å². The summed E-state index contributed by atoms with van der Waals surface area (Å²) in [6, 6.07) is 18.3. The van der Waals surface area contributed by atoms with Crippen LogP contribution in [0.5, 0.6) is 0 Å². The first-order valence-electron chi connectivity index (χ1n) is 6.22. The Bertz CT molecular complexity index is 595. The molecule has 0 aliphatic rings. The van der Waals surface area contributed by atoms with Gasteiger partial charge in [0, 0.05) is 5.56 Å². The second-order valence-electron chi connectivity index (χ2n) is 3.98. The third-order valence-corrected chi connectivity index (χ3v) is 2.43. The molecule has 0 bridgehead atoms. The minimum absolute atomic E-state index is 0.0319. The van der Waals surface area contributed by atoms with E-state index in [-0.39, 0.29) is 5.78 Å². The summed E-state index contributed by atoms with van der Waals surface area (Å²) in [6.07, 6.45) is 3.43. The number of carbonyl (C=O) groups excluding carboxylic acids is 2. The number of rotatable bonds is 3. The van der Waals surface area contributed by atoms with E-state index in [0.717, 1.165) is 11.1 Å². The van der Waals surface area contributed by atoms with Gasteiger partial charge >= 0.3 is 6.03 Å². The van der Waals surface area contributed by atoms with Crippen LogP contribution in [0.15, 0.2) is 66.7 Å². The molecule has 2 aromatic rings. The minimum atomic E-state index is -0.718. The lowest BCUT2D eigenvalue weighted by atomic mass is 10.1. The van der Waals surface area contributed by atoms with Gasteiger partial charge in [0.25, 0.3) is 0 Å². The molecular formula is C16H17N3O2. The largest absolute Gasteiger partial charge is 0.351 e. The maximum absolute atomic E-state index is 11.7. The summed E-state index contributed by atoms with van der Waals surface area (Å²) in [7, 11) is 0. The number of carbonyl (C=O) groups is 2. The summed E-state index contributed by atoms with van der Waals surface area (Å²) >= 11 is 0. The average molecular weight is 283 g/mol. The Labute approximate surface area is 123 Å². The highest BCUT2D eigenvalue weighted by Crippen LogP contribution is 2.05. The van der Waals surface area contributed by atoms with E-state index in [1.807, 2.05) is 66.7 Å². The third-order valence-electron chi connectivity index (χ3n) is 2.43. The first kappa shape index (κ1) is 16.1. The van der Waals surface area contributed by atoms with Gasteiger partial charge in [-0.15, -0.1) is 0 Å².